The Hall–Kier alpha value is -2.35. The quantitative estimate of drug-likeness (QED) is 0.842. The summed E-state index contributed by atoms with van der Waals surface area (Å²) in [4.78, 5) is 21.1. The molecule has 0 saturated heterocycles. The van der Waals surface area contributed by atoms with Gasteiger partial charge in [0.25, 0.3) is 0 Å². The van der Waals surface area contributed by atoms with E-state index in [-0.39, 0.29) is 22.1 Å². The first-order valence-corrected chi connectivity index (χ1v) is 7.03. The van der Waals surface area contributed by atoms with Gasteiger partial charge in [0.2, 0.25) is 5.91 Å². The number of hydroxylamine groups is 3. The van der Waals surface area contributed by atoms with Crippen molar-refractivity contribution in [3.63, 3.8) is 0 Å². The van der Waals surface area contributed by atoms with Crippen molar-refractivity contribution in [2.75, 3.05) is 0 Å². The zero-order valence-electron chi connectivity index (χ0n) is 11.9. The molecule has 2 aromatic carbocycles. The molecule has 1 unspecified atom stereocenters. The maximum absolute atomic E-state index is 14.0. The molecular formula is C15H12ClFN2O4. The van der Waals surface area contributed by atoms with E-state index >= 15 is 0 Å². The molecule has 0 aliphatic carbocycles. The van der Waals surface area contributed by atoms with Crippen LogP contribution < -0.4 is 15.2 Å². The molecule has 0 bridgehead atoms. The average molecular weight is 339 g/mol. The van der Waals surface area contributed by atoms with E-state index in [0.717, 1.165) is 0 Å². The number of fused-ring (bicyclic) bond motifs is 1. The molecule has 0 saturated carbocycles. The van der Waals surface area contributed by atoms with Gasteiger partial charge in [-0.25, -0.2) is 4.39 Å². The number of benzene rings is 2. The topological polar surface area (TPSA) is 71.0 Å². The van der Waals surface area contributed by atoms with Gasteiger partial charge >= 0.3 is 0 Å². The standard InChI is InChI=1S/C15H12ClFN2O4/c1-8(20)18-22-12-7-6-10-14(9-4-2-3-5-11(9)17)19(21)23-15(10)13(12)16/h2-7,14,21H,1H3,(H,18,20). The fourth-order valence-corrected chi connectivity index (χ4v) is 2.56. The van der Waals surface area contributed by atoms with Gasteiger partial charge in [-0.05, 0) is 23.4 Å². The number of rotatable bonds is 3. The van der Waals surface area contributed by atoms with Gasteiger partial charge in [0.15, 0.2) is 11.5 Å². The summed E-state index contributed by atoms with van der Waals surface area (Å²) in [6.07, 6.45) is 0. The number of carbonyl (C=O) groups is 1. The summed E-state index contributed by atoms with van der Waals surface area (Å²) in [5, 5.41) is 10.6. The van der Waals surface area contributed by atoms with Crippen LogP contribution in [0.2, 0.25) is 5.02 Å². The molecule has 1 aliphatic heterocycles. The van der Waals surface area contributed by atoms with Crippen LogP contribution in [0.5, 0.6) is 11.5 Å². The van der Waals surface area contributed by atoms with Gasteiger partial charge in [0.05, 0.1) is 0 Å². The van der Waals surface area contributed by atoms with Gasteiger partial charge < -0.3 is 9.68 Å². The summed E-state index contributed by atoms with van der Waals surface area (Å²) >= 11 is 6.16. The molecule has 1 atom stereocenters. The lowest BCUT2D eigenvalue weighted by Gasteiger charge is -2.16. The fourth-order valence-electron chi connectivity index (χ4n) is 2.32. The van der Waals surface area contributed by atoms with Crippen LogP contribution in [0, 0.1) is 5.82 Å². The van der Waals surface area contributed by atoms with Crippen LogP contribution in [0.3, 0.4) is 0 Å². The first-order chi connectivity index (χ1) is 11.0. The van der Waals surface area contributed by atoms with Crippen molar-refractivity contribution in [1.29, 1.82) is 0 Å². The molecule has 120 valence electrons. The molecule has 0 fully saturated rings. The molecule has 8 heteroatoms. The van der Waals surface area contributed by atoms with Gasteiger partial charge in [0.1, 0.15) is 16.9 Å². The van der Waals surface area contributed by atoms with Crippen molar-refractivity contribution in [2.45, 2.75) is 13.0 Å². The number of carbonyl (C=O) groups excluding carboxylic acids is 1. The zero-order valence-corrected chi connectivity index (χ0v) is 12.7. The van der Waals surface area contributed by atoms with E-state index in [2.05, 4.69) is 5.48 Å². The Labute approximate surface area is 135 Å². The fraction of sp³-hybridized carbons (Fsp3) is 0.133. The minimum Gasteiger partial charge on any atom is -0.378 e. The number of nitrogens with one attached hydrogen (secondary N) is 1. The minimum atomic E-state index is -0.862. The Morgan fingerprint density at radius 2 is 2.09 bits per heavy atom. The molecule has 1 aliphatic rings. The number of halogens is 2. The highest BCUT2D eigenvalue weighted by Gasteiger charge is 2.37. The second-order valence-electron chi connectivity index (χ2n) is 4.87. The molecule has 0 spiro atoms. The summed E-state index contributed by atoms with van der Waals surface area (Å²) in [6.45, 7) is 1.28. The molecule has 0 aromatic heterocycles. The summed E-state index contributed by atoms with van der Waals surface area (Å²) in [5.41, 5.74) is 2.85. The van der Waals surface area contributed by atoms with Gasteiger partial charge in [-0.1, -0.05) is 29.8 Å². The van der Waals surface area contributed by atoms with E-state index in [1.807, 2.05) is 0 Å². The van der Waals surface area contributed by atoms with Crippen molar-refractivity contribution >= 4 is 17.5 Å². The van der Waals surface area contributed by atoms with Gasteiger partial charge in [0, 0.05) is 18.1 Å². The Morgan fingerprint density at radius 1 is 1.35 bits per heavy atom. The SMILES string of the molecule is CC(=O)NOc1ccc2c(c1Cl)ON(O)C2c1ccccc1F. The third-order valence-corrected chi connectivity index (χ3v) is 3.65. The number of nitrogens with zero attached hydrogens (tertiary/aromatic N) is 1. The van der Waals surface area contributed by atoms with E-state index in [0.29, 0.717) is 10.8 Å². The molecule has 6 nitrogen and oxygen atoms in total. The van der Waals surface area contributed by atoms with Crippen LogP contribution in [0.4, 0.5) is 4.39 Å². The van der Waals surface area contributed by atoms with Gasteiger partial charge in [-0.3, -0.25) is 10.0 Å². The first-order valence-electron chi connectivity index (χ1n) is 6.65. The number of hydrogen-bond acceptors (Lipinski definition) is 5. The normalized spacial score (nSPS) is 16.6. The van der Waals surface area contributed by atoms with E-state index in [1.165, 1.54) is 25.1 Å². The Balaban J connectivity index is 2.00. The van der Waals surface area contributed by atoms with E-state index in [9.17, 15) is 14.4 Å². The largest absolute Gasteiger partial charge is 0.378 e. The van der Waals surface area contributed by atoms with Crippen molar-refractivity contribution in [3.05, 3.63) is 58.4 Å². The monoisotopic (exact) mass is 338 g/mol. The first kappa shape index (κ1) is 15.5. The van der Waals surface area contributed by atoms with Crippen molar-refractivity contribution < 1.29 is 24.1 Å². The maximum Gasteiger partial charge on any atom is 0.249 e. The Bertz CT molecular complexity index is 771. The third-order valence-electron chi connectivity index (χ3n) is 3.30. The lowest BCUT2D eigenvalue weighted by molar-refractivity contribution is -0.287. The Kier molecular flexibility index (Phi) is 4.08. The molecule has 2 aromatic rings. The van der Waals surface area contributed by atoms with Crippen LogP contribution in [-0.2, 0) is 4.79 Å². The highest BCUT2D eigenvalue weighted by atomic mass is 35.5. The predicted octanol–water partition coefficient (Wildman–Crippen LogP) is 3.00. The minimum absolute atomic E-state index is 0.0501. The summed E-state index contributed by atoms with van der Waals surface area (Å²) in [7, 11) is 0. The molecule has 1 amide bonds. The van der Waals surface area contributed by atoms with Gasteiger partial charge in [-0.2, -0.15) is 5.48 Å². The summed E-state index contributed by atoms with van der Waals surface area (Å²) in [5.74, 6) is -0.619. The highest BCUT2D eigenvalue weighted by Crippen LogP contribution is 2.47. The number of amides is 1. The van der Waals surface area contributed by atoms with Crippen molar-refractivity contribution in [1.82, 2.24) is 10.7 Å². The van der Waals surface area contributed by atoms with Crippen molar-refractivity contribution in [2.24, 2.45) is 0 Å². The van der Waals surface area contributed by atoms with E-state index in [1.54, 1.807) is 18.2 Å². The molecule has 23 heavy (non-hydrogen) atoms. The van der Waals surface area contributed by atoms with Crippen LogP contribution in [0.25, 0.3) is 0 Å². The molecule has 2 N–H and O–H groups in total. The number of hydrogen-bond donors (Lipinski definition) is 2. The van der Waals surface area contributed by atoms with Crippen LogP contribution in [-0.4, -0.2) is 16.3 Å². The smallest absolute Gasteiger partial charge is 0.249 e. The molecule has 1 heterocycles. The zero-order chi connectivity index (χ0) is 16.6. The lowest BCUT2D eigenvalue weighted by atomic mass is 9.98. The second-order valence-corrected chi connectivity index (χ2v) is 5.25. The second kappa shape index (κ2) is 6.04. The molecule has 0 radical (unpaired) electrons. The molecule has 3 rings (SSSR count). The predicted molar refractivity (Wildman–Crippen MR) is 78.4 cm³/mol. The van der Waals surface area contributed by atoms with E-state index in [4.69, 9.17) is 21.3 Å². The van der Waals surface area contributed by atoms with Crippen LogP contribution >= 0.6 is 11.6 Å². The maximum atomic E-state index is 14.0. The van der Waals surface area contributed by atoms with Gasteiger partial charge in [-0.15, -0.1) is 0 Å². The molecular weight excluding hydrogens is 327 g/mol. The van der Waals surface area contributed by atoms with Crippen LogP contribution in [0.1, 0.15) is 24.1 Å². The summed E-state index contributed by atoms with van der Waals surface area (Å²) < 4.78 is 14.0. The Morgan fingerprint density at radius 3 is 2.78 bits per heavy atom. The summed E-state index contributed by atoms with van der Waals surface area (Å²) in [6, 6.07) is 8.24. The highest BCUT2D eigenvalue weighted by molar-refractivity contribution is 6.33. The third kappa shape index (κ3) is 2.81. The van der Waals surface area contributed by atoms with E-state index < -0.39 is 17.8 Å². The lowest BCUT2D eigenvalue weighted by Crippen LogP contribution is -2.23. The van der Waals surface area contributed by atoms with Crippen LogP contribution in [0.15, 0.2) is 36.4 Å². The average Bonchev–Trinajstić information content (AvgIpc) is 2.84. The van der Waals surface area contributed by atoms with Crippen molar-refractivity contribution in [3.8, 4) is 11.5 Å².